The molecule has 0 unspecified atom stereocenters. The Hall–Kier alpha value is -3.56. The summed E-state index contributed by atoms with van der Waals surface area (Å²) in [5.74, 6) is -0.489. The van der Waals surface area contributed by atoms with Crippen molar-refractivity contribution in [1.82, 2.24) is 10.2 Å². The first kappa shape index (κ1) is 31.0. The van der Waals surface area contributed by atoms with E-state index in [1.807, 2.05) is 45.0 Å². The number of carbonyl (C=O) groups excluding carboxylic acids is 2. The molecule has 3 rings (SSSR count). The van der Waals surface area contributed by atoms with Gasteiger partial charge in [-0.1, -0.05) is 66.0 Å². The summed E-state index contributed by atoms with van der Waals surface area (Å²) in [6.07, 6.45) is 0.741. The Kier molecular flexibility index (Phi) is 10.6. The van der Waals surface area contributed by atoms with Gasteiger partial charge >= 0.3 is 0 Å². The molecule has 0 heterocycles. The molecule has 0 aromatic heterocycles. The van der Waals surface area contributed by atoms with Crippen LogP contribution < -0.4 is 14.4 Å². The van der Waals surface area contributed by atoms with Crippen molar-refractivity contribution in [2.75, 3.05) is 24.5 Å². The van der Waals surface area contributed by atoms with Gasteiger partial charge in [-0.2, -0.15) is 0 Å². The first-order chi connectivity index (χ1) is 19.0. The number of amides is 2. The molecule has 8 nitrogen and oxygen atoms in total. The van der Waals surface area contributed by atoms with Crippen molar-refractivity contribution in [1.29, 1.82) is 0 Å². The molecule has 1 atom stereocenters. The topological polar surface area (TPSA) is 96.0 Å². The normalized spacial score (nSPS) is 11.9. The monoisotopic (exact) mass is 585 g/mol. The second-order valence-corrected chi connectivity index (χ2v) is 11.9. The average Bonchev–Trinajstić information content (AvgIpc) is 2.93. The zero-order valence-electron chi connectivity index (χ0n) is 23.5. The van der Waals surface area contributed by atoms with Crippen LogP contribution in [0.3, 0.4) is 0 Å². The number of anilines is 1. The number of nitrogens with one attached hydrogen (secondary N) is 1. The summed E-state index contributed by atoms with van der Waals surface area (Å²) in [6.45, 7) is 7.44. The molecule has 10 heteroatoms. The molecule has 0 saturated carbocycles. The zero-order chi connectivity index (χ0) is 29.4. The summed E-state index contributed by atoms with van der Waals surface area (Å²) < 4.78 is 34.1. The molecule has 2 amide bonds. The Morgan fingerprint density at radius 2 is 1.57 bits per heavy atom. The Bertz CT molecular complexity index is 1430. The highest BCUT2D eigenvalue weighted by molar-refractivity contribution is 7.92. The largest absolute Gasteiger partial charge is 0.495 e. The fourth-order valence-electron chi connectivity index (χ4n) is 4.05. The minimum Gasteiger partial charge on any atom is -0.495 e. The molecule has 0 aliphatic carbocycles. The quantitative estimate of drug-likeness (QED) is 0.319. The molecule has 0 radical (unpaired) electrons. The van der Waals surface area contributed by atoms with Crippen molar-refractivity contribution in [3.63, 3.8) is 0 Å². The lowest BCUT2D eigenvalue weighted by Crippen LogP contribution is -2.51. The van der Waals surface area contributed by atoms with Gasteiger partial charge in [0.25, 0.3) is 10.0 Å². The fraction of sp³-hybridized carbons (Fsp3) is 0.333. The number of hydrogen-bond acceptors (Lipinski definition) is 5. The number of halogens is 1. The lowest BCUT2D eigenvalue weighted by Gasteiger charge is -2.32. The molecule has 3 aromatic rings. The Morgan fingerprint density at radius 3 is 2.12 bits per heavy atom. The van der Waals surface area contributed by atoms with E-state index < -0.39 is 28.5 Å². The van der Waals surface area contributed by atoms with Crippen molar-refractivity contribution in [3.05, 3.63) is 88.4 Å². The van der Waals surface area contributed by atoms with Crippen LogP contribution in [0.5, 0.6) is 5.75 Å². The molecule has 0 saturated heterocycles. The van der Waals surface area contributed by atoms with E-state index in [1.54, 1.807) is 25.1 Å². The van der Waals surface area contributed by atoms with Gasteiger partial charge in [0.15, 0.2) is 0 Å². The summed E-state index contributed by atoms with van der Waals surface area (Å²) in [6, 6.07) is 17.7. The van der Waals surface area contributed by atoms with Gasteiger partial charge in [0.1, 0.15) is 18.3 Å². The third-order valence-corrected chi connectivity index (χ3v) is 8.58. The van der Waals surface area contributed by atoms with Crippen molar-refractivity contribution in [3.8, 4) is 5.75 Å². The first-order valence-corrected chi connectivity index (χ1v) is 14.9. The molecule has 0 spiro atoms. The summed E-state index contributed by atoms with van der Waals surface area (Å²) >= 11 is 6.36. The van der Waals surface area contributed by atoms with Gasteiger partial charge in [0.2, 0.25) is 11.8 Å². The van der Waals surface area contributed by atoms with Gasteiger partial charge in [0.05, 0.1) is 22.7 Å². The molecule has 0 bridgehead atoms. The van der Waals surface area contributed by atoms with E-state index in [9.17, 15) is 18.0 Å². The van der Waals surface area contributed by atoms with E-state index in [2.05, 4.69) is 5.32 Å². The molecule has 0 aliphatic rings. The highest BCUT2D eigenvalue weighted by Crippen LogP contribution is 2.32. The minimum atomic E-state index is -4.19. The molecular formula is C30H36ClN3O5S. The van der Waals surface area contributed by atoms with E-state index in [4.69, 9.17) is 16.3 Å². The molecule has 0 aliphatic heterocycles. The van der Waals surface area contributed by atoms with Crippen LogP contribution in [0, 0.1) is 13.8 Å². The average molecular weight is 586 g/mol. The SMILES string of the molecule is CCCNC(=O)[C@@H](C)N(Cc1ccc(C)cc1)C(=O)CN(c1ccc(OC)c(Cl)c1)S(=O)(=O)c1ccc(C)cc1. The standard InChI is InChI=1S/C30H36ClN3O5S/c1-6-17-32-30(36)23(4)33(19-24-11-7-21(2)8-12-24)29(35)20-34(25-13-16-28(39-5)27(31)18-25)40(37,38)26-14-9-22(3)10-15-26/h7-16,18,23H,6,17,19-20H2,1-5H3,(H,32,36)/t23-/m1/s1. The van der Waals surface area contributed by atoms with Crippen LogP contribution in [-0.4, -0.2) is 51.4 Å². The summed E-state index contributed by atoms with van der Waals surface area (Å²) in [5, 5.41) is 3.03. The maximum Gasteiger partial charge on any atom is 0.264 e. The van der Waals surface area contributed by atoms with Crippen molar-refractivity contribution >= 4 is 39.1 Å². The van der Waals surface area contributed by atoms with E-state index in [1.165, 1.54) is 36.3 Å². The van der Waals surface area contributed by atoms with Crippen LogP contribution >= 0.6 is 11.6 Å². The van der Waals surface area contributed by atoms with Gasteiger partial charge in [-0.05, 0) is 63.1 Å². The zero-order valence-corrected chi connectivity index (χ0v) is 25.1. The lowest BCUT2D eigenvalue weighted by molar-refractivity contribution is -0.139. The van der Waals surface area contributed by atoms with Gasteiger partial charge in [-0.25, -0.2) is 8.42 Å². The van der Waals surface area contributed by atoms with E-state index >= 15 is 0 Å². The predicted octanol–water partition coefficient (Wildman–Crippen LogP) is 5.10. The highest BCUT2D eigenvalue weighted by atomic mass is 35.5. The number of ether oxygens (including phenoxy) is 1. The highest BCUT2D eigenvalue weighted by Gasteiger charge is 2.32. The van der Waals surface area contributed by atoms with Crippen LogP contribution in [-0.2, 0) is 26.2 Å². The van der Waals surface area contributed by atoms with Crippen molar-refractivity contribution in [2.45, 2.75) is 51.6 Å². The number of methoxy groups -OCH3 is 1. The molecular weight excluding hydrogens is 550 g/mol. The van der Waals surface area contributed by atoms with E-state index in [0.29, 0.717) is 12.3 Å². The molecule has 214 valence electrons. The number of hydrogen-bond donors (Lipinski definition) is 1. The van der Waals surface area contributed by atoms with Crippen molar-refractivity contribution in [2.24, 2.45) is 0 Å². The molecule has 0 fully saturated rings. The Balaban J connectivity index is 2.05. The molecule has 40 heavy (non-hydrogen) atoms. The van der Waals surface area contributed by atoms with Gasteiger partial charge < -0.3 is 15.0 Å². The van der Waals surface area contributed by atoms with Gasteiger partial charge in [-0.15, -0.1) is 0 Å². The smallest absolute Gasteiger partial charge is 0.264 e. The van der Waals surface area contributed by atoms with Crippen molar-refractivity contribution < 1.29 is 22.7 Å². The molecule has 3 aromatic carbocycles. The van der Waals surface area contributed by atoms with Crippen LogP contribution in [0.2, 0.25) is 5.02 Å². The fourth-order valence-corrected chi connectivity index (χ4v) is 5.70. The van der Waals surface area contributed by atoms with Crippen LogP contribution in [0.15, 0.2) is 71.6 Å². The molecule has 1 N–H and O–H groups in total. The lowest BCUT2D eigenvalue weighted by atomic mass is 10.1. The second-order valence-electron chi connectivity index (χ2n) is 9.62. The maximum absolute atomic E-state index is 13.9. The number of aryl methyl sites for hydroxylation is 2. The number of carbonyl (C=O) groups is 2. The Labute approximate surface area is 241 Å². The maximum atomic E-state index is 13.9. The van der Waals surface area contributed by atoms with Gasteiger partial charge in [0, 0.05) is 13.1 Å². The summed E-state index contributed by atoms with van der Waals surface area (Å²) in [7, 11) is -2.73. The third kappa shape index (κ3) is 7.55. The third-order valence-electron chi connectivity index (χ3n) is 6.50. The number of sulfonamides is 1. The first-order valence-electron chi connectivity index (χ1n) is 13.0. The summed E-state index contributed by atoms with van der Waals surface area (Å²) in [4.78, 5) is 28.3. The number of nitrogens with zero attached hydrogens (tertiary/aromatic N) is 2. The number of benzene rings is 3. The second kappa shape index (κ2) is 13.7. The number of rotatable bonds is 12. The minimum absolute atomic E-state index is 0.0247. The Morgan fingerprint density at radius 1 is 0.975 bits per heavy atom. The van der Waals surface area contributed by atoms with Crippen LogP contribution in [0.4, 0.5) is 5.69 Å². The van der Waals surface area contributed by atoms with E-state index in [-0.39, 0.29) is 28.1 Å². The summed E-state index contributed by atoms with van der Waals surface area (Å²) in [5.41, 5.74) is 2.96. The van der Waals surface area contributed by atoms with E-state index in [0.717, 1.165) is 27.4 Å². The van der Waals surface area contributed by atoms with Gasteiger partial charge in [-0.3, -0.25) is 13.9 Å². The van der Waals surface area contributed by atoms with Crippen LogP contribution in [0.1, 0.15) is 37.0 Å². The van der Waals surface area contributed by atoms with Crippen LogP contribution in [0.25, 0.3) is 0 Å². The predicted molar refractivity (Wildman–Crippen MR) is 158 cm³/mol.